The monoisotopic (exact) mass is 278 g/mol. The van der Waals surface area contributed by atoms with Crippen LogP contribution < -0.4 is 0 Å². The first-order chi connectivity index (χ1) is 8.82. The van der Waals surface area contributed by atoms with Crippen molar-refractivity contribution >= 4 is 10.0 Å². The molecular weight excluding hydrogens is 260 g/mol. The standard InChI is InChI=1S/C14H18N2O2S/c1-10(2)14-12(4)9-16(15-14)19(17,18)13-7-5-11(3)6-8-13/h5-10H,1-4H3. The summed E-state index contributed by atoms with van der Waals surface area (Å²) < 4.78 is 25.9. The molecule has 0 saturated carbocycles. The Kier molecular flexibility index (Phi) is 3.49. The molecule has 0 aliphatic heterocycles. The lowest BCUT2D eigenvalue weighted by Gasteiger charge is -2.05. The van der Waals surface area contributed by atoms with Gasteiger partial charge >= 0.3 is 0 Å². The molecule has 0 unspecified atom stereocenters. The molecule has 2 aromatic rings. The van der Waals surface area contributed by atoms with Gasteiger partial charge in [0.2, 0.25) is 0 Å². The average molecular weight is 278 g/mol. The van der Waals surface area contributed by atoms with Crippen molar-refractivity contribution in [3.8, 4) is 0 Å². The summed E-state index contributed by atoms with van der Waals surface area (Å²) in [5.74, 6) is 0.203. The van der Waals surface area contributed by atoms with Crippen LogP contribution in [0.25, 0.3) is 0 Å². The highest BCUT2D eigenvalue weighted by Crippen LogP contribution is 2.20. The first-order valence-corrected chi connectivity index (χ1v) is 7.65. The van der Waals surface area contributed by atoms with Crippen molar-refractivity contribution in [2.45, 2.75) is 38.5 Å². The second kappa shape index (κ2) is 4.81. The van der Waals surface area contributed by atoms with Gasteiger partial charge in [-0.05, 0) is 37.5 Å². The fraction of sp³-hybridized carbons (Fsp3) is 0.357. The smallest absolute Gasteiger partial charge is 0.199 e. The molecule has 0 aliphatic rings. The van der Waals surface area contributed by atoms with E-state index in [0.717, 1.165) is 20.9 Å². The van der Waals surface area contributed by atoms with E-state index in [2.05, 4.69) is 5.10 Å². The van der Waals surface area contributed by atoms with Crippen LogP contribution in [0.2, 0.25) is 0 Å². The summed E-state index contributed by atoms with van der Waals surface area (Å²) in [7, 11) is -3.59. The quantitative estimate of drug-likeness (QED) is 0.867. The fourth-order valence-electron chi connectivity index (χ4n) is 1.96. The van der Waals surface area contributed by atoms with Gasteiger partial charge in [0.05, 0.1) is 10.6 Å². The normalized spacial score (nSPS) is 12.1. The molecule has 1 aromatic carbocycles. The molecule has 2 rings (SSSR count). The first kappa shape index (κ1) is 13.8. The molecule has 0 atom stereocenters. The largest absolute Gasteiger partial charge is 0.282 e. The molecule has 0 fully saturated rings. The number of rotatable bonds is 3. The minimum absolute atomic E-state index is 0.203. The number of nitrogens with zero attached hydrogens (tertiary/aromatic N) is 2. The molecule has 1 aromatic heterocycles. The lowest BCUT2D eigenvalue weighted by molar-refractivity contribution is 0.578. The maximum atomic E-state index is 12.4. The Bertz CT molecular complexity index is 683. The molecule has 0 spiro atoms. The van der Waals surface area contributed by atoms with Gasteiger partial charge < -0.3 is 0 Å². The van der Waals surface area contributed by atoms with Gasteiger partial charge in [-0.1, -0.05) is 31.5 Å². The maximum Gasteiger partial charge on any atom is 0.282 e. The van der Waals surface area contributed by atoms with E-state index >= 15 is 0 Å². The van der Waals surface area contributed by atoms with Crippen molar-refractivity contribution in [1.82, 2.24) is 9.19 Å². The van der Waals surface area contributed by atoms with Gasteiger partial charge in [0, 0.05) is 6.20 Å². The highest BCUT2D eigenvalue weighted by Gasteiger charge is 2.20. The Morgan fingerprint density at radius 3 is 2.16 bits per heavy atom. The third-order valence-electron chi connectivity index (χ3n) is 3.03. The van der Waals surface area contributed by atoms with Crippen LogP contribution in [0, 0.1) is 13.8 Å². The topological polar surface area (TPSA) is 52.0 Å². The Morgan fingerprint density at radius 1 is 1.11 bits per heavy atom. The molecular formula is C14H18N2O2S. The zero-order valence-electron chi connectivity index (χ0n) is 11.6. The third-order valence-corrected chi connectivity index (χ3v) is 4.57. The molecule has 19 heavy (non-hydrogen) atoms. The van der Waals surface area contributed by atoms with E-state index in [1.54, 1.807) is 30.5 Å². The van der Waals surface area contributed by atoms with Crippen molar-refractivity contribution in [3.05, 3.63) is 47.3 Å². The summed E-state index contributed by atoms with van der Waals surface area (Å²) in [4.78, 5) is 0.260. The highest BCUT2D eigenvalue weighted by atomic mass is 32.2. The van der Waals surface area contributed by atoms with E-state index in [1.807, 2.05) is 27.7 Å². The second-order valence-electron chi connectivity index (χ2n) is 5.04. The average Bonchev–Trinajstić information content (AvgIpc) is 2.72. The van der Waals surface area contributed by atoms with Crippen molar-refractivity contribution < 1.29 is 8.42 Å². The van der Waals surface area contributed by atoms with Gasteiger partial charge in [-0.2, -0.15) is 17.6 Å². The molecule has 0 aliphatic carbocycles. The van der Waals surface area contributed by atoms with E-state index in [0.29, 0.717) is 0 Å². The van der Waals surface area contributed by atoms with Gasteiger partial charge in [-0.3, -0.25) is 0 Å². The van der Waals surface area contributed by atoms with Crippen LogP contribution in [0.15, 0.2) is 35.4 Å². The predicted molar refractivity (Wildman–Crippen MR) is 74.8 cm³/mol. The summed E-state index contributed by atoms with van der Waals surface area (Å²) >= 11 is 0. The molecule has 0 amide bonds. The molecule has 5 heteroatoms. The van der Waals surface area contributed by atoms with Crippen LogP contribution in [-0.2, 0) is 10.0 Å². The zero-order chi connectivity index (χ0) is 14.2. The zero-order valence-corrected chi connectivity index (χ0v) is 12.4. The number of aryl methyl sites for hydroxylation is 2. The molecule has 0 saturated heterocycles. The maximum absolute atomic E-state index is 12.4. The van der Waals surface area contributed by atoms with Crippen LogP contribution in [-0.4, -0.2) is 17.6 Å². The number of benzene rings is 1. The summed E-state index contributed by atoms with van der Waals surface area (Å²) in [6, 6.07) is 6.78. The van der Waals surface area contributed by atoms with Crippen LogP contribution in [0.4, 0.5) is 0 Å². The van der Waals surface area contributed by atoms with Gasteiger partial charge in [0.1, 0.15) is 0 Å². The molecule has 0 N–H and O–H groups in total. The third kappa shape index (κ3) is 2.56. The number of hydrogen-bond donors (Lipinski definition) is 0. The molecule has 102 valence electrons. The summed E-state index contributed by atoms with van der Waals surface area (Å²) in [5, 5.41) is 4.21. The van der Waals surface area contributed by atoms with Crippen LogP contribution in [0.1, 0.15) is 36.6 Å². The second-order valence-corrected chi connectivity index (χ2v) is 6.84. The van der Waals surface area contributed by atoms with Crippen molar-refractivity contribution in [2.24, 2.45) is 0 Å². The van der Waals surface area contributed by atoms with Gasteiger partial charge in [-0.25, -0.2) is 0 Å². The van der Waals surface area contributed by atoms with E-state index in [1.165, 1.54) is 0 Å². The van der Waals surface area contributed by atoms with E-state index in [4.69, 9.17) is 0 Å². The van der Waals surface area contributed by atoms with Crippen LogP contribution in [0.3, 0.4) is 0 Å². The Labute approximate surface area is 114 Å². The minimum Gasteiger partial charge on any atom is -0.199 e. The number of hydrogen-bond acceptors (Lipinski definition) is 3. The van der Waals surface area contributed by atoms with Gasteiger partial charge in [0.15, 0.2) is 0 Å². The van der Waals surface area contributed by atoms with E-state index in [-0.39, 0.29) is 10.8 Å². The van der Waals surface area contributed by atoms with Gasteiger partial charge in [-0.15, -0.1) is 0 Å². The fourth-order valence-corrected chi connectivity index (χ4v) is 3.15. The lowest BCUT2D eigenvalue weighted by Crippen LogP contribution is -2.14. The summed E-state index contributed by atoms with van der Waals surface area (Å²) in [6.45, 7) is 7.80. The molecule has 1 heterocycles. The Morgan fingerprint density at radius 2 is 1.68 bits per heavy atom. The Balaban J connectivity index is 2.51. The summed E-state index contributed by atoms with van der Waals surface area (Å²) in [5.41, 5.74) is 2.74. The van der Waals surface area contributed by atoms with Crippen LogP contribution >= 0.6 is 0 Å². The Hall–Kier alpha value is -1.62. The van der Waals surface area contributed by atoms with Crippen molar-refractivity contribution in [3.63, 3.8) is 0 Å². The highest BCUT2D eigenvalue weighted by molar-refractivity contribution is 7.89. The molecule has 4 nitrogen and oxygen atoms in total. The molecule has 0 radical (unpaired) electrons. The van der Waals surface area contributed by atoms with Crippen LogP contribution in [0.5, 0.6) is 0 Å². The first-order valence-electron chi connectivity index (χ1n) is 6.21. The molecule has 0 bridgehead atoms. The predicted octanol–water partition coefficient (Wildman–Crippen LogP) is 2.86. The summed E-state index contributed by atoms with van der Waals surface area (Å²) in [6.07, 6.45) is 1.57. The number of aromatic nitrogens is 2. The lowest BCUT2D eigenvalue weighted by atomic mass is 10.1. The van der Waals surface area contributed by atoms with E-state index in [9.17, 15) is 8.42 Å². The van der Waals surface area contributed by atoms with Crippen molar-refractivity contribution in [1.29, 1.82) is 0 Å². The van der Waals surface area contributed by atoms with Crippen molar-refractivity contribution in [2.75, 3.05) is 0 Å². The van der Waals surface area contributed by atoms with Gasteiger partial charge in [0.25, 0.3) is 10.0 Å². The SMILES string of the molecule is Cc1ccc(S(=O)(=O)n2cc(C)c(C(C)C)n2)cc1. The minimum atomic E-state index is -3.59. The van der Waals surface area contributed by atoms with E-state index < -0.39 is 10.0 Å².